The maximum absolute atomic E-state index is 16.3. The first-order chi connectivity index (χ1) is 25.3. The van der Waals surface area contributed by atoms with Crippen LogP contribution in [0, 0.1) is 5.82 Å². The first kappa shape index (κ1) is 38.6. The lowest BCUT2D eigenvalue weighted by Crippen LogP contribution is -2.50. The van der Waals surface area contributed by atoms with Crippen molar-refractivity contribution in [2.45, 2.75) is 88.8 Å². The molecule has 2 aromatic carbocycles. The van der Waals surface area contributed by atoms with Gasteiger partial charge in [0.25, 0.3) is 12.3 Å². The number of hydrogen-bond acceptors (Lipinski definition) is 8. The minimum Gasteiger partial charge on any atom is -0.447 e. The Morgan fingerprint density at radius 1 is 1.09 bits per heavy atom. The second-order valence-electron chi connectivity index (χ2n) is 14.3. The lowest BCUT2D eigenvalue weighted by Gasteiger charge is -2.34. The van der Waals surface area contributed by atoms with Gasteiger partial charge in [0.15, 0.2) is 17.3 Å². The molecule has 12 nitrogen and oxygen atoms in total. The molecule has 2 aromatic heterocycles. The summed E-state index contributed by atoms with van der Waals surface area (Å²) >= 11 is 6.40. The number of benzene rings is 2. The molecule has 4 aromatic rings. The highest BCUT2D eigenvalue weighted by molar-refractivity contribution is 6.33. The number of nitrogens with zero attached hydrogens (tertiary/aromatic N) is 7. The topological polar surface area (TPSA) is 146 Å². The highest BCUT2D eigenvalue weighted by atomic mass is 35.5. The molecule has 0 spiro atoms. The van der Waals surface area contributed by atoms with E-state index in [0.29, 0.717) is 15.8 Å². The zero-order chi connectivity index (χ0) is 39.3. The Kier molecular flexibility index (Phi) is 10.2. The van der Waals surface area contributed by atoms with E-state index in [1.165, 1.54) is 44.2 Å². The number of aromatic nitrogens is 5. The van der Waals surface area contributed by atoms with Gasteiger partial charge in [-0.15, -0.1) is 0 Å². The van der Waals surface area contributed by atoms with Crippen LogP contribution in [-0.4, -0.2) is 71.6 Å². The normalized spacial score (nSPS) is 18.4. The summed E-state index contributed by atoms with van der Waals surface area (Å²) < 4.78 is 94.1. The zero-order valence-corrected chi connectivity index (χ0v) is 30.2. The highest BCUT2D eigenvalue weighted by Crippen LogP contribution is 2.46. The van der Waals surface area contributed by atoms with Crippen LogP contribution in [-0.2, 0) is 15.1 Å². The van der Waals surface area contributed by atoms with Crippen molar-refractivity contribution >= 4 is 29.6 Å². The molecule has 2 atom stereocenters. The predicted molar refractivity (Wildman–Crippen MR) is 185 cm³/mol. The van der Waals surface area contributed by atoms with Crippen LogP contribution in [0.2, 0.25) is 5.02 Å². The molecule has 2 amide bonds. The molecule has 288 valence electrons. The van der Waals surface area contributed by atoms with Gasteiger partial charge in [-0.1, -0.05) is 29.8 Å². The van der Waals surface area contributed by atoms with Crippen molar-refractivity contribution in [3.8, 4) is 22.5 Å². The molecule has 1 fully saturated rings. The van der Waals surface area contributed by atoms with Crippen LogP contribution in [0.1, 0.15) is 76.7 Å². The minimum atomic E-state index is -3.12. The maximum atomic E-state index is 16.3. The molecular weight excluding hydrogens is 744 g/mol. The number of nitrogens with one attached hydrogen (secondary N) is 1. The van der Waals surface area contributed by atoms with E-state index < -0.39 is 72.6 Å². The Balaban J connectivity index is 1.42. The molecule has 0 radical (unpaired) electrons. The molecule has 0 saturated heterocycles. The Bertz CT molecular complexity index is 2100. The molecule has 19 heteroatoms. The summed E-state index contributed by atoms with van der Waals surface area (Å²) in [5, 5.41) is 9.85. The van der Waals surface area contributed by atoms with Crippen molar-refractivity contribution in [2.24, 2.45) is 10.7 Å². The van der Waals surface area contributed by atoms with E-state index in [9.17, 15) is 27.2 Å². The monoisotopic (exact) mass is 779 g/mol. The van der Waals surface area contributed by atoms with Crippen molar-refractivity contribution in [3.05, 3.63) is 77.1 Å². The molecule has 1 aliphatic carbocycles. The number of carbonyl (C=O) groups excluding carboxylic acids is 2. The average Bonchev–Trinajstić information content (AvgIpc) is 3.49. The molecule has 0 bridgehead atoms. The van der Waals surface area contributed by atoms with E-state index in [1.54, 1.807) is 23.1 Å². The number of amides is 2. The van der Waals surface area contributed by atoms with Gasteiger partial charge in [0.05, 0.1) is 28.8 Å². The number of ether oxygens (including phenoxy) is 1. The number of hydrogen-bond donors (Lipinski definition) is 2. The molecule has 6 rings (SSSR count). The van der Waals surface area contributed by atoms with Gasteiger partial charge in [-0.05, 0) is 69.9 Å². The third-order valence-corrected chi connectivity index (χ3v) is 9.43. The van der Waals surface area contributed by atoms with Gasteiger partial charge in [0.2, 0.25) is 0 Å². The molecule has 54 heavy (non-hydrogen) atoms. The van der Waals surface area contributed by atoms with Crippen LogP contribution in [0.3, 0.4) is 0 Å². The van der Waals surface area contributed by atoms with Crippen LogP contribution in [0.15, 0.2) is 60.1 Å². The molecule has 1 aliphatic heterocycles. The second-order valence-corrected chi connectivity index (χ2v) is 14.7. The van der Waals surface area contributed by atoms with Crippen LogP contribution in [0.25, 0.3) is 22.5 Å². The van der Waals surface area contributed by atoms with Crippen molar-refractivity contribution in [2.75, 3.05) is 6.61 Å². The molecule has 1 unspecified atom stereocenters. The fraction of sp³-hybridized carbons (Fsp3) is 0.429. The van der Waals surface area contributed by atoms with Gasteiger partial charge < -0.3 is 15.8 Å². The highest BCUT2D eigenvalue weighted by Gasteiger charge is 2.55. The summed E-state index contributed by atoms with van der Waals surface area (Å²) in [7, 11) is 0. The number of nitrogens with two attached hydrogens (primary N) is 1. The van der Waals surface area contributed by atoms with E-state index in [2.05, 4.69) is 20.2 Å². The SMILES string of the molecule is CC(C)(F)CC1(c2ccc(-c3cnn(C4CC4)c3)cc2F)N=C(N)N([C@H](COC(=O)NC(C)(C)C(F)F)c2ccc(Cl)c(-c3ncnn3C(F)F)c2)C1=O. The van der Waals surface area contributed by atoms with E-state index in [0.717, 1.165) is 37.9 Å². The second kappa shape index (κ2) is 14.3. The number of carbonyl (C=O) groups is 2. The first-order valence-electron chi connectivity index (χ1n) is 16.7. The fourth-order valence-electron chi connectivity index (χ4n) is 6.29. The summed E-state index contributed by atoms with van der Waals surface area (Å²) in [6, 6.07) is 6.75. The summed E-state index contributed by atoms with van der Waals surface area (Å²) in [6.45, 7) is 0.567. The van der Waals surface area contributed by atoms with E-state index in [-0.39, 0.29) is 33.6 Å². The largest absolute Gasteiger partial charge is 0.447 e. The molecule has 1 saturated carbocycles. The summed E-state index contributed by atoms with van der Waals surface area (Å²) in [4.78, 5) is 36.7. The minimum absolute atomic E-state index is 0.0579. The Morgan fingerprint density at radius 3 is 2.44 bits per heavy atom. The Morgan fingerprint density at radius 2 is 1.81 bits per heavy atom. The third-order valence-electron chi connectivity index (χ3n) is 9.10. The lowest BCUT2D eigenvalue weighted by atomic mass is 9.80. The molecular formula is C35H36ClF6N9O3. The summed E-state index contributed by atoms with van der Waals surface area (Å²) in [6.07, 6.45) is 1.21. The van der Waals surface area contributed by atoms with Crippen LogP contribution >= 0.6 is 11.6 Å². The zero-order valence-electron chi connectivity index (χ0n) is 29.4. The molecule has 3 N–H and O–H groups in total. The van der Waals surface area contributed by atoms with Crippen molar-refractivity contribution < 1.29 is 40.7 Å². The number of aliphatic imine (C=N–C) groups is 1. The van der Waals surface area contributed by atoms with Crippen molar-refractivity contribution in [1.29, 1.82) is 0 Å². The van der Waals surface area contributed by atoms with E-state index in [4.69, 9.17) is 22.1 Å². The standard InChI is InChI=1S/C35H36ClF6N9O3/c1-33(2,42)16-35(23-9-5-18(12-25(23)37)20-13-45-49(14-20)21-7-8-21)29(52)50(31(43)47-35)26(15-54-32(53)48-34(3,4)28(38)39)19-6-10-24(36)22(11-19)27-44-17-46-51(27)30(40)41/h5-6,9-14,17,21,26,28,30H,7-8,15-16H2,1-4H3,(H2,43,47)(H,48,53)/t26-,35?/m1/s1. The Hall–Kier alpha value is -5.13. The van der Waals surface area contributed by atoms with Crippen LogP contribution < -0.4 is 11.1 Å². The van der Waals surface area contributed by atoms with Gasteiger partial charge in [0, 0.05) is 29.3 Å². The quantitative estimate of drug-likeness (QED) is 0.135. The van der Waals surface area contributed by atoms with E-state index >= 15 is 8.78 Å². The van der Waals surface area contributed by atoms with Crippen LogP contribution in [0.5, 0.6) is 0 Å². The van der Waals surface area contributed by atoms with Crippen molar-refractivity contribution in [3.63, 3.8) is 0 Å². The van der Waals surface area contributed by atoms with Gasteiger partial charge in [-0.25, -0.2) is 32.3 Å². The van der Waals surface area contributed by atoms with E-state index in [1.807, 2.05) is 5.32 Å². The third kappa shape index (κ3) is 7.61. The first-order valence-corrected chi connectivity index (χ1v) is 17.1. The van der Waals surface area contributed by atoms with Gasteiger partial charge >= 0.3 is 12.6 Å². The number of halogens is 7. The Labute approximate surface area is 310 Å². The van der Waals surface area contributed by atoms with Gasteiger partial charge in [0.1, 0.15) is 24.4 Å². The number of guanidine groups is 1. The fourth-order valence-corrected chi connectivity index (χ4v) is 6.49. The predicted octanol–water partition coefficient (Wildman–Crippen LogP) is 7.33. The van der Waals surface area contributed by atoms with Crippen molar-refractivity contribution in [1.82, 2.24) is 34.8 Å². The lowest BCUT2D eigenvalue weighted by molar-refractivity contribution is -0.135. The van der Waals surface area contributed by atoms with Crippen LogP contribution in [0.4, 0.5) is 31.1 Å². The number of alkyl carbamates (subject to hydrolysis) is 1. The molecule has 2 aliphatic rings. The van der Waals surface area contributed by atoms with Gasteiger partial charge in [-0.3, -0.25) is 14.4 Å². The number of rotatable bonds is 13. The smallest absolute Gasteiger partial charge is 0.407 e. The summed E-state index contributed by atoms with van der Waals surface area (Å²) in [5.41, 5.74) is 0.697. The molecule has 3 heterocycles. The average molecular weight is 780 g/mol. The maximum Gasteiger partial charge on any atom is 0.407 e. The number of alkyl halides is 5. The summed E-state index contributed by atoms with van der Waals surface area (Å²) in [5.74, 6) is -2.81. The van der Waals surface area contributed by atoms with Gasteiger partial charge in [-0.2, -0.15) is 23.7 Å².